The topological polar surface area (TPSA) is 51.5 Å². The van der Waals surface area contributed by atoms with Gasteiger partial charge in [0.2, 0.25) is 0 Å². The molecule has 0 aliphatic heterocycles. The first-order valence-corrected chi connectivity index (χ1v) is 7.58. The lowest BCUT2D eigenvalue weighted by Gasteiger charge is -2.16. The van der Waals surface area contributed by atoms with Crippen LogP contribution < -0.4 is 10.1 Å². The van der Waals surface area contributed by atoms with Gasteiger partial charge in [-0.05, 0) is 48.1 Å². The Hall–Kier alpha value is -1.83. The van der Waals surface area contributed by atoms with Crippen LogP contribution in [0.2, 0.25) is 0 Å². The number of ether oxygens (including phenoxy) is 1. The summed E-state index contributed by atoms with van der Waals surface area (Å²) in [6.07, 6.45) is 5.42. The third-order valence-corrected chi connectivity index (χ3v) is 4.46. The molecule has 0 radical (unpaired) electrons. The molecule has 0 bridgehead atoms. The standard InChI is InChI=1S/C15H15IN4O/c1-9-4-5-11(21-3)10(2)13(9)19-14-12(16)15-17-6-7-20(15)8-18-14/h4-8,19H,1-3H3. The third-order valence-electron chi connectivity index (χ3n) is 3.47. The predicted octanol–water partition coefficient (Wildman–Crippen LogP) is 3.70. The molecule has 0 unspecified atom stereocenters. The molecule has 0 atom stereocenters. The van der Waals surface area contributed by atoms with E-state index in [1.165, 1.54) is 0 Å². The van der Waals surface area contributed by atoms with Crippen LogP contribution in [0.4, 0.5) is 11.5 Å². The van der Waals surface area contributed by atoms with E-state index in [1.807, 2.05) is 29.7 Å². The van der Waals surface area contributed by atoms with Crippen molar-refractivity contribution in [3.05, 3.63) is 45.6 Å². The summed E-state index contributed by atoms with van der Waals surface area (Å²) in [5, 5.41) is 3.41. The fourth-order valence-corrected chi connectivity index (χ4v) is 3.00. The lowest BCUT2D eigenvalue weighted by Crippen LogP contribution is -2.03. The monoisotopic (exact) mass is 394 g/mol. The number of imidazole rings is 1. The summed E-state index contributed by atoms with van der Waals surface area (Å²) < 4.78 is 8.28. The Balaban J connectivity index is 2.08. The number of nitrogens with zero attached hydrogens (tertiary/aromatic N) is 3. The minimum atomic E-state index is 0.800. The maximum absolute atomic E-state index is 5.39. The molecule has 3 rings (SSSR count). The molecule has 3 aromatic rings. The van der Waals surface area contributed by atoms with Crippen LogP contribution in [-0.2, 0) is 0 Å². The van der Waals surface area contributed by atoms with Crippen LogP contribution in [0.25, 0.3) is 5.65 Å². The number of hydrogen-bond acceptors (Lipinski definition) is 4. The zero-order valence-corrected chi connectivity index (χ0v) is 14.2. The molecule has 0 fully saturated rings. The zero-order chi connectivity index (χ0) is 15.0. The highest BCUT2D eigenvalue weighted by Crippen LogP contribution is 2.32. The maximum atomic E-state index is 5.39. The number of nitrogens with one attached hydrogen (secondary N) is 1. The lowest BCUT2D eigenvalue weighted by atomic mass is 10.1. The summed E-state index contributed by atoms with van der Waals surface area (Å²) in [5.74, 6) is 1.66. The van der Waals surface area contributed by atoms with E-state index in [4.69, 9.17) is 4.74 Å². The minimum Gasteiger partial charge on any atom is -0.496 e. The highest BCUT2D eigenvalue weighted by Gasteiger charge is 2.12. The average Bonchev–Trinajstić information content (AvgIpc) is 2.95. The molecular weight excluding hydrogens is 379 g/mol. The van der Waals surface area contributed by atoms with Crippen LogP contribution >= 0.6 is 22.6 Å². The molecular formula is C15H15IN4O. The van der Waals surface area contributed by atoms with Crippen LogP contribution in [0.15, 0.2) is 30.9 Å². The number of aryl methyl sites for hydroxylation is 1. The number of anilines is 2. The summed E-state index contributed by atoms with van der Waals surface area (Å²) in [4.78, 5) is 8.83. The van der Waals surface area contributed by atoms with Crippen molar-refractivity contribution in [2.75, 3.05) is 12.4 Å². The fraction of sp³-hybridized carbons (Fsp3) is 0.200. The average molecular weight is 394 g/mol. The summed E-state index contributed by atoms with van der Waals surface area (Å²) >= 11 is 2.26. The molecule has 108 valence electrons. The van der Waals surface area contributed by atoms with Crippen LogP contribution in [0.5, 0.6) is 5.75 Å². The van der Waals surface area contributed by atoms with Gasteiger partial charge in [0, 0.05) is 23.6 Å². The number of benzene rings is 1. The van der Waals surface area contributed by atoms with E-state index in [0.29, 0.717) is 0 Å². The second-order valence-corrected chi connectivity index (χ2v) is 5.85. The molecule has 21 heavy (non-hydrogen) atoms. The van der Waals surface area contributed by atoms with E-state index in [-0.39, 0.29) is 0 Å². The number of halogens is 1. The number of rotatable bonds is 3. The predicted molar refractivity (Wildman–Crippen MR) is 91.5 cm³/mol. The molecule has 1 N–H and O–H groups in total. The van der Waals surface area contributed by atoms with Gasteiger partial charge in [-0.15, -0.1) is 0 Å². The number of methoxy groups -OCH3 is 1. The van der Waals surface area contributed by atoms with Gasteiger partial charge in [0.15, 0.2) is 5.65 Å². The van der Waals surface area contributed by atoms with Gasteiger partial charge < -0.3 is 10.1 Å². The van der Waals surface area contributed by atoms with E-state index >= 15 is 0 Å². The molecule has 0 aliphatic carbocycles. The Morgan fingerprint density at radius 2 is 2.05 bits per heavy atom. The van der Waals surface area contributed by atoms with Gasteiger partial charge in [0.1, 0.15) is 17.9 Å². The van der Waals surface area contributed by atoms with Crippen molar-refractivity contribution in [1.82, 2.24) is 14.4 Å². The quantitative estimate of drug-likeness (QED) is 0.689. The molecule has 0 spiro atoms. The summed E-state index contributed by atoms with van der Waals surface area (Å²) in [7, 11) is 1.68. The van der Waals surface area contributed by atoms with E-state index < -0.39 is 0 Å². The first-order chi connectivity index (χ1) is 10.1. The summed E-state index contributed by atoms with van der Waals surface area (Å²) in [5.41, 5.74) is 4.13. The molecule has 0 aliphatic rings. The van der Waals surface area contributed by atoms with Gasteiger partial charge in [-0.2, -0.15) is 0 Å². The first-order valence-electron chi connectivity index (χ1n) is 6.50. The molecule has 6 heteroatoms. The van der Waals surface area contributed by atoms with Gasteiger partial charge in [-0.25, -0.2) is 9.97 Å². The van der Waals surface area contributed by atoms with E-state index in [2.05, 4.69) is 44.8 Å². The molecule has 2 aromatic heterocycles. The Bertz CT molecular complexity index is 813. The van der Waals surface area contributed by atoms with Crippen LogP contribution in [0, 0.1) is 17.4 Å². The van der Waals surface area contributed by atoms with Gasteiger partial charge >= 0.3 is 0 Å². The molecule has 0 amide bonds. The van der Waals surface area contributed by atoms with Crippen molar-refractivity contribution >= 4 is 39.7 Å². The Morgan fingerprint density at radius 1 is 1.24 bits per heavy atom. The second-order valence-electron chi connectivity index (χ2n) is 4.77. The normalized spacial score (nSPS) is 10.9. The Morgan fingerprint density at radius 3 is 2.81 bits per heavy atom. The van der Waals surface area contributed by atoms with Gasteiger partial charge in [0.05, 0.1) is 10.7 Å². The van der Waals surface area contributed by atoms with Crippen LogP contribution in [-0.4, -0.2) is 21.5 Å². The molecule has 5 nitrogen and oxygen atoms in total. The summed E-state index contributed by atoms with van der Waals surface area (Å²) in [6.45, 7) is 4.10. The Kier molecular flexibility index (Phi) is 3.71. The molecule has 0 saturated carbocycles. The van der Waals surface area contributed by atoms with Crippen molar-refractivity contribution in [2.45, 2.75) is 13.8 Å². The van der Waals surface area contributed by atoms with Gasteiger partial charge in [-0.1, -0.05) is 6.07 Å². The first kappa shape index (κ1) is 14.1. The second kappa shape index (κ2) is 5.51. The summed E-state index contributed by atoms with van der Waals surface area (Å²) in [6, 6.07) is 4.01. The number of hydrogen-bond donors (Lipinski definition) is 1. The SMILES string of the molecule is COc1ccc(C)c(Nc2ncn3ccnc3c2I)c1C. The lowest BCUT2D eigenvalue weighted by molar-refractivity contribution is 0.412. The van der Waals surface area contributed by atoms with E-state index in [1.54, 1.807) is 19.6 Å². The third kappa shape index (κ3) is 2.44. The van der Waals surface area contributed by atoms with Crippen molar-refractivity contribution in [3.8, 4) is 5.75 Å². The van der Waals surface area contributed by atoms with E-state index in [0.717, 1.165) is 37.6 Å². The minimum absolute atomic E-state index is 0.800. The van der Waals surface area contributed by atoms with Gasteiger partial charge in [0.25, 0.3) is 0 Å². The molecule has 0 saturated heterocycles. The van der Waals surface area contributed by atoms with Gasteiger partial charge in [-0.3, -0.25) is 4.40 Å². The van der Waals surface area contributed by atoms with Crippen molar-refractivity contribution in [1.29, 1.82) is 0 Å². The molecule has 2 heterocycles. The van der Waals surface area contributed by atoms with E-state index in [9.17, 15) is 0 Å². The maximum Gasteiger partial charge on any atom is 0.155 e. The largest absolute Gasteiger partial charge is 0.496 e. The smallest absolute Gasteiger partial charge is 0.155 e. The Labute approximate surface area is 136 Å². The number of fused-ring (bicyclic) bond motifs is 1. The van der Waals surface area contributed by atoms with Crippen molar-refractivity contribution < 1.29 is 4.74 Å². The zero-order valence-electron chi connectivity index (χ0n) is 12.0. The number of aromatic nitrogens is 3. The fourth-order valence-electron chi connectivity index (χ4n) is 2.31. The highest BCUT2D eigenvalue weighted by atomic mass is 127. The van der Waals surface area contributed by atoms with Crippen LogP contribution in [0.1, 0.15) is 11.1 Å². The molecule has 1 aromatic carbocycles. The van der Waals surface area contributed by atoms with Crippen molar-refractivity contribution in [3.63, 3.8) is 0 Å². The van der Waals surface area contributed by atoms with Crippen LogP contribution in [0.3, 0.4) is 0 Å². The van der Waals surface area contributed by atoms with Crippen molar-refractivity contribution in [2.24, 2.45) is 0 Å². The highest BCUT2D eigenvalue weighted by molar-refractivity contribution is 14.1.